The summed E-state index contributed by atoms with van der Waals surface area (Å²) in [4.78, 5) is 2.63. The van der Waals surface area contributed by atoms with Gasteiger partial charge in [-0.15, -0.1) is 6.58 Å². The molecule has 0 aromatic heterocycles. The van der Waals surface area contributed by atoms with Crippen LogP contribution in [-0.2, 0) is 0 Å². The zero-order chi connectivity index (χ0) is 17.5. The fourth-order valence-electron chi connectivity index (χ4n) is 2.48. The molecule has 0 unspecified atom stereocenters. The number of nitrogens with zero attached hydrogens (tertiary/aromatic N) is 1. The average Bonchev–Trinajstić information content (AvgIpc) is 2.57. The average molecular weight is 315 g/mol. The minimum Gasteiger partial charge on any atom is -0.333 e. The first-order chi connectivity index (χ1) is 10.8. The predicted molar refractivity (Wildman–Crippen MR) is 106 cm³/mol. The SMILES string of the molecule is C=CCCCCCCCCCN(CCC)CCC.CC.CN. The third-order valence-corrected chi connectivity index (χ3v) is 3.46. The molecule has 0 fully saturated rings. The van der Waals surface area contributed by atoms with E-state index in [1.807, 2.05) is 19.9 Å². The maximum Gasteiger partial charge on any atom is -0.00187 e. The Bertz CT molecular complexity index is 163. The van der Waals surface area contributed by atoms with E-state index in [9.17, 15) is 0 Å². The van der Waals surface area contributed by atoms with Crippen molar-refractivity contribution in [3.8, 4) is 0 Å². The van der Waals surface area contributed by atoms with Crippen molar-refractivity contribution in [2.45, 2.75) is 91.9 Å². The number of unbranched alkanes of at least 4 members (excludes halogenated alkanes) is 7. The van der Waals surface area contributed by atoms with Gasteiger partial charge < -0.3 is 10.6 Å². The predicted octanol–water partition coefficient (Wildman–Crippen LogP) is 6.02. The zero-order valence-electron chi connectivity index (χ0n) is 16.5. The highest BCUT2D eigenvalue weighted by Gasteiger charge is 2.01. The maximum absolute atomic E-state index is 4.50. The molecule has 0 aliphatic rings. The van der Waals surface area contributed by atoms with Crippen LogP contribution in [0.2, 0.25) is 0 Å². The topological polar surface area (TPSA) is 29.3 Å². The Morgan fingerprint density at radius 2 is 1.14 bits per heavy atom. The largest absolute Gasteiger partial charge is 0.333 e. The van der Waals surface area contributed by atoms with Gasteiger partial charge in [0.2, 0.25) is 0 Å². The standard InChI is InChI=1S/C17H35N.C2H6.CH5N/c1-4-7-8-9-10-11-12-13-14-17-18(15-5-2)16-6-3;2*1-2/h4H,1,5-17H2,2-3H3;1-2H3;2H2,1H3. The molecule has 0 amide bonds. The molecule has 0 atom stereocenters. The molecule has 0 saturated carbocycles. The molecular formula is C20H46N2. The smallest absolute Gasteiger partial charge is 0.00187 e. The van der Waals surface area contributed by atoms with Crippen LogP contribution in [0.4, 0.5) is 0 Å². The van der Waals surface area contributed by atoms with Gasteiger partial charge in [-0.05, 0) is 58.8 Å². The van der Waals surface area contributed by atoms with Crippen LogP contribution in [0.15, 0.2) is 12.7 Å². The van der Waals surface area contributed by atoms with Crippen molar-refractivity contribution in [2.24, 2.45) is 5.73 Å². The van der Waals surface area contributed by atoms with Gasteiger partial charge in [-0.2, -0.15) is 0 Å². The van der Waals surface area contributed by atoms with E-state index in [0.717, 1.165) is 0 Å². The van der Waals surface area contributed by atoms with Crippen LogP contribution in [-0.4, -0.2) is 31.6 Å². The van der Waals surface area contributed by atoms with Crippen LogP contribution >= 0.6 is 0 Å². The summed E-state index contributed by atoms with van der Waals surface area (Å²) in [6.45, 7) is 16.2. The van der Waals surface area contributed by atoms with Crippen molar-refractivity contribution >= 4 is 0 Å². The van der Waals surface area contributed by atoms with Gasteiger partial charge in [0.15, 0.2) is 0 Å². The summed E-state index contributed by atoms with van der Waals surface area (Å²) in [7, 11) is 1.50. The molecule has 0 rings (SSSR count). The Balaban J connectivity index is -0.000000826. The Morgan fingerprint density at radius 1 is 0.727 bits per heavy atom. The van der Waals surface area contributed by atoms with Crippen LogP contribution < -0.4 is 5.73 Å². The molecule has 0 aromatic rings. The van der Waals surface area contributed by atoms with E-state index in [2.05, 4.69) is 31.1 Å². The summed E-state index contributed by atoms with van der Waals surface area (Å²) >= 11 is 0. The van der Waals surface area contributed by atoms with Gasteiger partial charge in [-0.25, -0.2) is 0 Å². The fourth-order valence-corrected chi connectivity index (χ4v) is 2.48. The van der Waals surface area contributed by atoms with E-state index in [4.69, 9.17) is 0 Å². The third-order valence-electron chi connectivity index (χ3n) is 3.46. The summed E-state index contributed by atoms with van der Waals surface area (Å²) in [6, 6.07) is 0. The Kier molecular flexibility index (Phi) is 34.7. The van der Waals surface area contributed by atoms with Gasteiger partial charge in [0.05, 0.1) is 0 Å². The van der Waals surface area contributed by atoms with Crippen LogP contribution in [0.3, 0.4) is 0 Å². The molecule has 0 aliphatic heterocycles. The van der Waals surface area contributed by atoms with Crippen molar-refractivity contribution in [1.82, 2.24) is 4.90 Å². The lowest BCUT2D eigenvalue weighted by molar-refractivity contribution is 0.267. The van der Waals surface area contributed by atoms with Crippen molar-refractivity contribution in [1.29, 1.82) is 0 Å². The highest BCUT2D eigenvalue weighted by atomic mass is 15.1. The van der Waals surface area contributed by atoms with E-state index >= 15 is 0 Å². The second-order valence-electron chi connectivity index (χ2n) is 5.39. The lowest BCUT2D eigenvalue weighted by Gasteiger charge is -2.20. The van der Waals surface area contributed by atoms with Crippen LogP contribution in [0.25, 0.3) is 0 Å². The van der Waals surface area contributed by atoms with E-state index < -0.39 is 0 Å². The molecule has 0 bridgehead atoms. The van der Waals surface area contributed by atoms with Crippen molar-refractivity contribution in [3.05, 3.63) is 12.7 Å². The highest BCUT2D eigenvalue weighted by Crippen LogP contribution is 2.09. The normalized spacial score (nSPS) is 9.59. The van der Waals surface area contributed by atoms with E-state index in [1.165, 1.54) is 90.9 Å². The minimum absolute atomic E-state index is 1.20. The molecule has 0 aliphatic carbocycles. The van der Waals surface area contributed by atoms with Crippen LogP contribution in [0, 0.1) is 0 Å². The third kappa shape index (κ3) is 24.7. The number of rotatable bonds is 14. The Hall–Kier alpha value is -0.340. The highest BCUT2D eigenvalue weighted by molar-refractivity contribution is 4.65. The molecule has 136 valence electrons. The summed E-state index contributed by atoms with van der Waals surface area (Å²) in [6.07, 6.45) is 15.7. The van der Waals surface area contributed by atoms with Gasteiger partial charge in [-0.3, -0.25) is 0 Å². The van der Waals surface area contributed by atoms with Gasteiger partial charge >= 0.3 is 0 Å². The van der Waals surface area contributed by atoms with Gasteiger partial charge in [-0.1, -0.05) is 65.9 Å². The van der Waals surface area contributed by atoms with Crippen molar-refractivity contribution in [2.75, 3.05) is 26.7 Å². The first-order valence-electron chi connectivity index (χ1n) is 9.76. The summed E-state index contributed by atoms with van der Waals surface area (Å²) in [5, 5.41) is 0. The minimum atomic E-state index is 1.20. The fraction of sp³-hybridized carbons (Fsp3) is 0.900. The lowest BCUT2D eigenvalue weighted by atomic mass is 10.1. The molecule has 0 spiro atoms. The first-order valence-corrected chi connectivity index (χ1v) is 9.76. The molecule has 0 radical (unpaired) electrons. The second-order valence-corrected chi connectivity index (χ2v) is 5.39. The molecule has 2 nitrogen and oxygen atoms in total. The molecule has 0 heterocycles. The molecule has 0 aromatic carbocycles. The zero-order valence-corrected chi connectivity index (χ0v) is 16.5. The van der Waals surface area contributed by atoms with E-state index in [1.54, 1.807) is 0 Å². The van der Waals surface area contributed by atoms with Gasteiger partial charge in [0, 0.05) is 0 Å². The van der Waals surface area contributed by atoms with Crippen molar-refractivity contribution < 1.29 is 0 Å². The summed E-state index contributed by atoms with van der Waals surface area (Å²) in [5.41, 5.74) is 4.50. The van der Waals surface area contributed by atoms with E-state index in [0.29, 0.717) is 0 Å². The monoisotopic (exact) mass is 314 g/mol. The van der Waals surface area contributed by atoms with Crippen LogP contribution in [0.5, 0.6) is 0 Å². The first kappa shape index (κ1) is 26.6. The molecule has 2 heteroatoms. The van der Waals surface area contributed by atoms with Gasteiger partial charge in [0.25, 0.3) is 0 Å². The summed E-state index contributed by atoms with van der Waals surface area (Å²) in [5.74, 6) is 0. The Morgan fingerprint density at radius 3 is 1.55 bits per heavy atom. The second kappa shape index (κ2) is 28.8. The molecular weight excluding hydrogens is 268 g/mol. The number of hydrogen-bond acceptors (Lipinski definition) is 2. The molecule has 22 heavy (non-hydrogen) atoms. The molecule has 0 saturated heterocycles. The number of allylic oxidation sites excluding steroid dienone is 1. The quantitative estimate of drug-likeness (QED) is 0.314. The Labute approximate surface area is 142 Å². The summed E-state index contributed by atoms with van der Waals surface area (Å²) < 4.78 is 0. The van der Waals surface area contributed by atoms with E-state index in [-0.39, 0.29) is 0 Å². The van der Waals surface area contributed by atoms with Crippen molar-refractivity contribution in [3.63, 3.8) is 0 Å². The lowest BCUT2D eigenvalue weighted by Crippen LogP contribution is -2.26. The van der Waals surface area contributed by atoms with Crippen LogP contribution in [0.1, 0.15) is 91.9 Å². The maximum atomic E-state index is 4.50. The van der Waals surface area contributed by atoms with Gasteiger partial charge in [0.1, 0.15) is 0 Å². The number of nitrogens with two attached hydrogens (primary N) is 1. The number of hydrogen-bond donors (Lipinski definition) is 1. The molecule has 2 N–H and O–H groups in total.